The fourth-order valence-electron chi connectivity index (χ4n) is 3.44. The molecule has 7 heteroatoms. The zero-order chi connectivity index (χ0) is 18.0. The number of methoxy groups -OCH3 is 1. The number of amides is 2. The van der Waals surface area contributed by atoms with Crippen molar-refractivity contribution < 1.29 is 19.4 Å². The van der Waals surface area contributed by atoms with Gasteiger partial charge in [0.1, 0.15) is 0 Å². The van der Waals surface area contributed by atoms with Crippen LogP contribution in [0.15, 0.2) is 5.10 Å². The summed E-state index contributed by atoms with van der Waals surface area (Å²) in [6, 6.07) is -0.288. The summed E-state index contributed by atoms with van der Waals surface area (Å²) in [7, 11) is 1.70. The SMILES string of the molecule is COC1(CN2N=C(CC(NC(=O)O)C(C)(C)C)CC2=O)CCCC1. The van der Waals surface area contributed by atoms with Gasteiger partial charge in [0.25, 0.3) is 0 Å². The Balaban J connectivity index is 2.06. The average Bonchev–Trinajstić information content (AvgIpc) is 3.05. The zero-order valence-corrected chi connectivity index (χ0v) is 15.1. The fraction of sp³-hybridized carbons (Fsp3) is 0.824. The summed E-state index contributed by atoms with van der Waals surface area (Å²) in [4.78, 5) is 23.3. The molecule has 2 N–H and O–H groups in total. The van der Waals surface area contributed by atoms with Gasteiger partial charge in [-0.15, -0.1) is 0 Å². The van der Waals surface area contributed by atoms with E-state index in [1.54, 1.807) is 7.11 Å². The fourth-order valence-corrected chi connectivity index (χ4v) is 3.44. The van der Waals surface area contributed by atoms with E-state index in [9.17, 15) is 9.59 Å². The van der Waals surface area contributed by atoms with Gasteiger partial charge in [0, 0.05) is 19.6 Å². The van der Waals surface area contributed by atoms with Crippen LogP contribution in [0.5, 0.6) is 0 Å². The highest BCUT2D eigenvalue weighted by molar-refractivity contribution is 6.05. The van der Waals surface area contributed by atoms with E-state index in [2.05, 4.69) is 10.4 Å². The minimum absolute atomic E-state index is 0.0312. The number of carbonyl (C=O) groups is 2. The molecule has 7 nitrogen and oxygen atoms in total. The van der Waals surface area contributed by atoms with E-state index < -0.39 is 6.09 Å². The maximum Gasteiger partial charge on any atom is 0.404 e. The number of hydrogen-bond acceptors (Lipinski definition) is 4. The van der Waals surface area contributed by atoms with Crippen LogP contribution in [-0.2, 0) is 9.53 Å². The van der Waals surface area contributed by atoms with E-state index >= 15 is 0 Å². The highest BCUT2D eigenvalue weighted by Gasteiger charge is 2.39. The number of rotatable bonds is 6. The standard InChI is InChI=1S/C17H29N3O4/c1-16(2,3)13(18-15(22)23)9-12-10-14(21)20(19-12)11-17(24-4)7-5-6-8-17/h13,18H,5-11H2,1-4H3,(H,22,23). The van der Waals surface area contributed by atoms with Crippen LogP contribution in [0.3, 0.4) is 0 Å². The largest absolute Gasteiger partial charge is 0.465 e. The van der Waals surface area contributed by atoms with Crippen LogP contribution in [0.4, 0.5) is 4.79 Å². The Bertz CT molecular complexity index is 518. The molecule has 1 atom stereocenters. The van der Waals surface area contributed by atoms with E-state index in [4.69, 9.17) is 9.84 Å². The average molecular weight is 339 g/mol. The smallest absolute Gasteiger partial charge is 0.404 e. The third-order valence-electron chi connectivity index (χ3n) is 5.07. The van der Waals surface area contributed by atoms with Gasteiger partial charge in [-0.1, -0.05) is 33.6 Å². The van der Waals surface area contributed by atoms with Crippen molar-refractivity contribution in [2.45, 2.75) is 70.9 Å². The molecule has 0 radical (unpaired) electrons. The van der Waals surface area contributed by atoms with Crippen LogP contribution in [0.2, 0.25) is 0 Å². The summed E-state index contributed by atoms with van der Waals surface area (Å²) in [5, 5.41) is 17.6. The van der Waals surface area contributed by atoms with Crippen molar-refractivity contribution in [1.82, 2.24) is 10.3 Å². The quantitative estimate of drug-likeness (QED) is 0.778. The van der Waals surface area contributed by atoms with Crippen molar-refractivity contribution in [3.63, 3.8) is 0 Å². The molecule has 0 bridgehead atoms. The molecular formula is C17H29N3O4. The Hall–Kier alpha value is -1.63. The van der Waals surface area contributed by atoms with Crippen LogP contribution in [0.1, 0.15) is 59.3 Å². The van der Waals surface area contributed by atoms with Gasteiger partial charge in [0.05, 0.1) is 24.3 Å². The van der Waals surface area contributed by atoms with Crippen LogP contribution in [0, 0.1) is 5.41 Å². The molecule has 1 heterocycles. The summed E-state index contributed by atoms with van der Waals surface area (Å²) < 4.78 is 5.68. The molecule has 2 aliphatic rings. The highest BCUT2D eigenvalue weighted by atomic mass is 16.5. The molecule has 0 aromatic carbocycles. The molecule has 1 aliphatic heterocycles. The van der Waals surface area contributed by atoms with Gasteiger partial charge in [-0.25, -0.2) is 9.80 Å². The third kappa shape index (κ3) is 4.47. The Kier molecular flexibility index (Phi) is 5.52. The number of hydrazone groups is 1. The number of carbonyl (C=O) groups excluding carboxylic acids is 1. The van der Waals surface area contributed by atoms with Crippen molar-refractivity contribution in [3.8, 4) is 0 Å². The van der Waals surface area contributed by atoms with Crippen molar-refractivity contribution in [2.24, 2.45) is 10.5 Å². The van der Waals surface area contributed by atoms with E-state index in [-0.39, 0.29) is 29.4 Å². The van der Waals surface area contributed by atoms with Gasteiger partial charge in [-0.2, -0.15) is 5.10 Å². The Morgan fingerprint density at radius 1 is 1.42 bits per heavy atom. The molecule has 2 amide bonds. The lowest BCUT2D eigenvalue weighted by Crippen LogP contribution is -2.44. The first-order chi connectivity index (χ1) is 11.1. The molecule has 1 aliphatic carbocycles. The molecule has 136 valence electrons. The van der Waals surface area contributed by atoms with Crippen molar-refractivity contribution >= 4 is 17.7 Å². The van der Waals surface area contributed by atoms with E-state index in [1.807, 2.05) is 20.8 Å². The first kappa shape index (κ1) is 18.7. The maximum atomic E-state index is 12.3. The Morgan fingerprint density at radius 3 is 2.54 bits per heavy atom. The summed E-state index contributed by atoms with van der Waals surface area (Å²) >= 11 is 0. The number of carboxylic acid groups (broad SMARTS) is 1. The van der Waals surface area contributed by atoms with Crippen LogP contribution < -0.4 is 5.32 Å². The summed E-state index contributed by atoms with van der Waals surface area (Å²) in [6.07, 6.45) is 3.77. The predicted molar refractivity (Wildman–Crippen MR) is 91.0 cm³/mol. The highest BCUT2D eigenvalue weighted by Crippen LogP contribution is 2.34. The third-order valence-corrected chi connectivity index (χ3v) is 5.07. The van der Waals surface area contributed by atoms with Crippen LogP contribution in [-0.4, -0.2) is 53.1 Å². The summed E-state index contributed by atoms with van der Waals surface area (Å²) in [5.41, 5.74) is 0.200. The van der Waals surface area contributed by atoms with Gasteiger partial charge in [-0.05, 0) is 18.3 Å². The van der Waals surface area contributed by atoms with E-state index in [1.165, 1.54) is 5.01 Å². The molecule has 0 saturated heterocycles. The monoisotopic (exact) mass is 339 g/mol. The van der Waals surface area contributed by atoms with Crippen LogP contribution in [0.25, 0.3) is 0 Å². The van der Waals surface area contributed by atoms with Crippen molar-refractivity contribution in [1.29, 1.82) is 0 Å². The second kappa shape index (κ2) is 7.09. The van der Waals surface area contributed by atoms with Gasteiger partial charge in [0.2, 0.25) is 5.91 Å². The van der Waals surface area contributed by atoms with Crippen LogP contribution >= 0.6 is 0 Å². The Labute approximate surface area is 143 Å². The van der Waals surface area contributed by atoms with Gasteiger partial charge in [-0.3, -0.25) is 4.79 Å². The maximum absolute atomic E-state index is 12.3. The molecule has 2 rings (SSSR count). The zero-order valence-electron chi connectivity index (χ0n) is 15.1. The summed E-state index contributed by atoms with van der Waals surface area (Å²) in [5.74, 6) is -0.0312. The molecule has 24 heavy (non-hydrogen) atoms. The predicted octanol–water partition coefficient (Wildman–Crippen LogP) is 2.61. The Morgan fingerprint density at radius 2 is 2.04 bits per heavy atom. The first-order valence-electron chi connectivity index (χ1n) is 8.56. The molecule has 0 aromatic rings. The number of hydrogen-bond donors (Lipinski definition) is 2. The number of ether oxygens (including phenoxy) is 1. The number of nitrogens with zero attached hydrogens (tertiary/aromatic N) is 2. The second-order valence-corrected chi connectivity index (χ2v) is 7.96. The molecule has 0 spiro atoms. The normalized spacial score (nSPS) is 21.8. The first-order valence-corrected chi connectivity index (χ1v) is 8.56. The minimum Gasteiger partial charge on any atom is -0.465 e. The molecular weight excluding hydrogens is 310 g/mol. The molecule has 1 unspecified atom stereocenters. The van der Waals surface area contributed by atoms with Crippen molar-refractivity contribution in [2.75, 3.05) is 13.7 Å². The molecule has 1 fully saturated rings. The molecule has 0 aromatic heterocycles. The van der Waals surface area contributed by atoms with Gasteiger partial charge >= 0.3 is 6.09 Å². The summed E-state index contributed by atoms with van der Waals surface area (Å²) in [6.45, 7) is 6.40. The lowest BCUT2D eigenvalue weighted by atomic mass is 9.83. The topological polar surface area (TPSA) is 91.2 Å². The molecule has 1 saturated carbocycles. The van der Waals surface area contributed by atoms with Gasteiger partial charge in [0.15, 0.2) is 0 Å². The van der Waals surface area contributed by atoms with Gasteiger partial charge < -0.3 is 15.2 Å². The van der Waals surface area contributed by atoms with E-state index in [0.29, 0.717) is 13.0 Å². The number of nitrogens with one attached hydrogen (secondary N) is 1. The minimum atomic E-state index is -1.05. The second-order valence-electron chi connectivity index (χ2n) is 7.96. The van der Waals surface area contributed by atoms with Crippen molar-refractivity contribution in [3.05, 3.63) is 0 Å². The lowest BCUT2D eigenvalue weighted by Gasteiger charge is -2.31. The van der Waals surface area contributed by atoms with E-state index in [0.717, 1.165) is 31.4 Å². The lowest BCUT2D eigenvalue weighted by molar-refractivity contribution is -0.133.